The van der Waals surface area contributed by atoms with Crippen molar-refractivity contribution in [1.82, 2.24) is 19.5 Å². The van der Waals surface area contributed by atoms with Crippen LogP contribution < -0.4 is 5.73 Å². The van der Waals surface area contributed by atoms with E-state index in [9.17, 15) is 9.36 Å². The van der Waals surface area contributed by atoms with Gasteiger partial charge in [-0.05, 0) is 24.3 Å². The zero-order valence-corrected chi connectivity index (χ0v) is 21.4. The summed E-state index contributed by atoms with van der Waals surface area (Å²) < 4.78 is 47.4. The highest BCUT2D eigenvalue weighted by molar-refractivity contribution is 7.99. The van der Waals surface area contributed by atoms with Crippen molar-refractivity contribution in [1.29, 1.82) is 0 Å². The van der Waals surface area contributed by atoms with Crippen LogP contribution in [0.15, 0.2) is 40.6 Å². The summed E-state index contributed by atoms with van der Waals surface area (Å²) in [6.45, 7) is 0.498. The van der Waals surface area contributed by atoms with Crippen molar-refractivity contribution >= 4 is 54.1 Å². The van der Waals surface area contributed by atoms with Crippen LogP contribution in [0.1, 0.15) is 13.2 Å². The van der Waals surface area contributed by atoms with Gasteiger partial charge in [0.2, 0.25) is 6.79 Å². The Bertz CT molecular complexity index is 1330. The van der Waals surface area contributed by atoms with Crippen LogP contribution in [0.25, 0.3) is 11.2 Å². The molecule has 2 N–H and O–H groups in total. The molecule has 5 rings (SSSR count). The number of halogens is 1. The second-order valence-electron chi connectivity index (χ2n) is 7.71. The number of phosphoric acid groups is 1. The average molecular weight is 558 g/mol. The second kappa shape index (κ2) is 10.2. The van der Waals surface area contributed by atoms with Gasteiger partial charge in [-0.15, -0.1) is 0 Å². The SMILES string of the molecule is CO[C@@H]1[C@@H]2O[P@](=O)(OCOC(C)=O)OC[C@H]2O[C@H]1n1c(Sc2ccc(Cl)cc2)nc2c(N)ncnc21. The van der Waals surface area contributed by atoms with Crippen molar-refractivity contribution in [3.63, 3.8) is 0 Å². The number of esters is 1. The van der Waals surface area contributed by atoms with Crippen LogP contribution in [-0.4, -0.2) is 64.3 Å². The molecule has 2 aliphatic heterocycles. The summed E-state index contributed by atoms with van der Waals surface area (Å²) in [4.78, 5) is 24.9. The first kappa shape index (κ1) is 25.4. The molecule has 0 spiro atoms. The van der Waals surface area contributed by atoms with Gasteiger partial charge in [-0.25, -0.2) is 24.0 Å². The van der Waals surface area contributed by atoms with Crippen molar-refractivity contribution in [2.24, 2.45) is 0 Å². The van der Waals surface area contributed by atoms with Gasteiger partial charge in [0.05, 0.1) is 6.61 Å². The largest absolute Gasteiger partial charge is 0.478 e. The molecule has 0 radical (unpaired) electrons. The van der Waals surface area contributed by atoms with E-state index >= 15 is 0 Å². The zero-order valence-electron chi connectivity index (χ0n) is 19.0. The first-order chi connectivity index (χ1) is 17.3. The highest BCUT2D eigenvalue weighted by atomic mass is 35.5. The molecular formula is C20H21ClN5O8PS. The number of nitrogen functional groups attached to an aromatic ring is 1. The van der Waals surface area contributed by atoms with Crippen molar-refractivity contribution in [2.75, 3.05) is 26.2 Å². The number of carbonyl (C=O) groups excluding carboxylic acids is 1. The van der Waals surface area contributed by atoms with Gasteiger partial charge in [0.15, 0.2) is 28.4 Å². The molecule has 192 valence electrons. The van der Waals surface area contributed by atoms with E-state index in [0.29, 0.717) is 21.3 Å². The highest BCUT2D eigenvalue weighted by Gasteiger charge is 2.55. The van der Waals surface area contributed by atoms with E-state index in [4.69, 9.17) is 40.4 Å². The maximum Gasteiger partial charge on any atom is 0.478 e. The number of rotatable bonds is 7. The summed E-state index contributed by atoms with van der Waals surface area (Å²) in [7, 11) is -2.57. The van der Waals surface area contributed by atoms with Crippen LogP contribution in [-0.2, 0) is 37.1 Å². The van der Waals surface area contributed by atoms with Gasteiger partial charge in [0.1, 0.15) is 24.6 Å². The van der Waals surface area contributed by atoms with Crippen LogP contribution in [0.5, 0.6) is 0 Å². The van der Waals surface area contributed by atoms with Crippen LogP contribution in [0, 0.1) is 0 Å². The molecular weight excluding hydrogens is 537 g/mol. The quantitative estimate of drug-likeness (QED) is 0.256. The number of anilines is 1. The number of nitrogens with zero attached hydrogens (tertiary/aromatic N) is 4. The first-order valence-corrected chi connectivity index (χ1v) is 13.2. The van der Waals surface area contributed by atoms with Crippen LogP contribution in [0.3, 0.4) is 0 Å². The number of carbonyl (C=O) groups is 1. The van der Waals surface area contributed by atoms with Gasteiger partial charge in [-0.2, -0.15) is 0 Å². The van der Waals surface area contributed by atoms with Crippen LogP contribution in [0.2, 0.25) is 5.02 Å². The normalized spacial score (nSPS) is 27.8. The van der Waals surface area contributed by atoms with E-state index in [-0.39, 0.29) is 12.4 Å². The molecule has 3 aromatic rings. The number of ether oxygens (including phenoxy) is 3. The van der Waals surface area contributed by atoms with Crippen molar-refractivity contribution in [3.8, 4) is 0 Å². The van der Waals surface area contributed by atoms with Crippen LogP contribution >= 0.6 is 31.2 Å². The number of methoxy groups -OCH3 is 1. The maximum atomic E-state index is 13.0. The number of aromatic nitrogens is 4. The van der Waals surface area contributed by atoms with Gasteiger partial charge in [0.25, 0.3) is 0 Å². The molecule has 0 saturated carbocycles. The van der Waals surface area contributed by atoms with E-state index < -0.39 is 45.1 Å². The minimum atomic E-state index is -4.05. The van der Waals surface area contributed by atoms with Crippen molar-refractivity contribution in [3.05, 3.63) is 35.6 Å². The summed E-state index contributed by atoms with van der Waals surface area (Å²) in [5.41, 5.74) is 6.88. The Morgan fingerprint density at radius 1 is 1.33 bits per heavy atom. The Balaban J connectivity index is 1.48. The zero-order chi connectivity index (χ0) is 25.4. The molecule has 16 heteroatoms. The Hall–Kier alpha value is -2.29. The molecule has 0 unspecified atom stereocenters. The molecule has 0 amide bonds. The predicted molar refractivity (Wildman–Crippen MR) is 126 cm³/mol. The lowest BCUT2D eigenvalue weighted by molar-refractivity contribution is -0.150. The Kier molecular flexibility index (Phi) is 7.21. The third-order valence-corrected chi connectivity index (χ3v) is 8.05. The highest BCUT2D eigenvalue weighted by Crippen LogP contribution is 2.57. The molecule has 5 atom stereocenters. The summed E-state index contributed by atoms with van der Waals surface area (Å²) in [6, 6.07) is 7.23. The number of nitrogens with two attached hydrogens (primary N) is 1. The summed E-state index contributed by atoms with van der Waals surface area (Å²) in [5.74, 6) is -0.404. The van der Waals surface area contributed by atoms with E-state index in [0.717, 1.165) is 4.90 Å². The third-order valence-electron chi connectivity index (χ3n) is 5.43. The number of hydrogen-bond donors (Lipinski definition) is 1. The fraction of sp³-hybridized carbons (Fsp3) is 0.400. The van der Waals surface area contributed by atoms with Crippen LogP contribution in [0.4, 0.5) is 5.82 Å². The van der Waals surface area contributed by atoms with Gasteiger partial charge in [-0.1, -0.05) is 23.4 Å². The fourth-order valence-electron chi connectivity index (χ4n) is 3.83. The maximum absolute atomic E-state index is 13.0. The number of fused-ring (bicyclic) bond motifs is 2. The summed E-state index contributed by atoms with van der Waals surface area (Å²) >= 11 is 7.37. The molecule has 0 bridgehead atoms. The topological polar surface area (TPSA) is 159 Å². The monoisotopic (exact) mass is 557 g/mol. The summed E-state index contributed by atoms with van der Waals surface area (Å²) in [6.07, 6.45) is -1.72. The van der Waals surface area contributed by atoms with E-state index in [1.165, 1.54) is 32.1 Å². The van der Waals surface area contributed by atoms with Gasteiger partial charge >= 0.3 is 13.8 Å². The van der Waals surface area contributed by atoms with E-state index in [1.807, 2.05) is 12.1 Å². The molecule has 2 aliphatic rings. The molecule has 4 heterocycles. The average Bonchev–Trinajstić information content (AvgIpc) is 3.37. The van der Waals surface area contributed by atoms with Gasteiger partial charge in [-0.3, -0.25) is 18.4 Å². The van der Waals surface area contributed by atoms with Gasteiger partial charge < -0.3 is 19.9 Å². The lowest BCUT2D eigenvalue weighted by Gasteiger charge is -2.31. The number of benzene rings is 1. The third kappa shape index (κ3) is 4.95. The number of hydrogen-bond acceptors (Lipinski definition) is 13. The Morgan fingerprint density at radius 2 is 2.11 bits per heavy atom. The first-order valence-electron chi connectivity index (χ1n) is 10.6. The standard InChI is InChI=1S/C20H21ClN5O8PS/c1-10(27)30-9-32-35(28)31-7-13-15(34-35)16(29-2)19(33-13)26-18-14(17(22)23-8-24-18)25-20(26)36-12-5-3-11(21)4-6-12/h3-6,8,13,15-16,19H,7,9H2,1-2H3,(H2,22,23,24)/t13-,15-,16-,19-,35+/m1/s1. The lowest BCUT2D eigenvalue weighted by Crippen LogP contribution is -2.40. The van der Waals surface area contributed by atoms with Gasteiger partial charge in [0, 0.05) is 24.0 Å². The van der Waals surface area contributed by atoms with E-state index in [1.54, 1.807) is 16.7 Å². The molecule has 36 heavy (non-hydrogen) atoms. The Morgan fingerprint density at radius 3 is 2.83 bits per heavy atom. The molecule has 2 saturated heterocycles. The predicted octanol–water partition coefficient (Wildman–Crippen LogP) is 3.19. The van der Waals surface area contributed by atoms with Crippen molar-refractivity contribution < 1.29 is 37.1 Å². The number of imidazole rings is 1. The molecule has 1 aromatic carbocycles. The molecule has 2 aromatic heterocycles. The molecule has 2 fully saturated rings. The minimum absolute atomic E-state index is 0.109. The number of phosphoric ester groups is 1. The van der Waals surface area contributed by atoms with Crippen molar-refractivity contribution in [2.45, 2.75) is 41.5 Å². The minimum Gasteiger partial charge on any atom is -0.438 e. The lowest BCUT2D eigenvalue weighted by atomic mass is 10.1. The smallest absolute Gasteiger partial charge is 0.438 e. The molecule has 13 nitrogen and oxygen atoms in total. The second-order valence-corrected chi connectivity index (χ2v) is 10.8. The summed E-state index contributed by atoms with van der Waals surface area (Å²) in [5, 5.41) is 1.10. The van der Waals surface area contributed by atoms with E-state index in [2.05, 4.69) is 19.7 Å². The fourth-order valence-corrected chi connectivity index (χ4v) is 6.13. The molecule has 0 aliphatic carbocycles. The Labute approximate surface area is 214 Å².